The first-order chi connectivity index (χ1) is 14.6. The smallest absolute Gasteiger partial charge is 0.260 e. The van der Waals surface area contributed by atoms with Crippen molar-refractivity contribution in [2.24, 2.45) is 5.92 Å². The zero-order valence-corrected chi connectivity index (χ0v) is 18.0. The molecule has 2 saturated heterocycles. The van der Waals surface area contributed by atoms with Gasteiger partial charge in [-0.05, 0) is 81.3 Å². The summed E-state index contributed by atoms with van der Waals surface area (Å²) in [6.07, 6.45) is 7.09. The topological polar surface area (TPSA) is 56.4 Å². The second-order valence-electron chi connectivity index (χ2n) is 8.98. The molecule has 2 fully saturated rings. The molecule has 0 saturated carbocycles. The Balaban J connectivity index is 1.27. The van der Waals surface area contributed by atoms with E-state index >= 15 is 0 Å². The Morgan fingerprint density at radius 3 is 2.27 bits per heavy atom. The third kappa shape index (κ3) is 5.20. The molecule has 160 valence electrons. The Morgan fingerprint density at radius 2 is 1.60 bits per heavy atom. The largest absolute Gasteiger partial charge is 0.338 e. The van der Waals surface area contributed by atoms with Crippen molar-refractivity contribution in [2.45, 2.75) is 52.0 Å². The van der Waals surface area contributed by atoms with E-state index in [1.165, 1.54) is 43.5 Å². The fourth-order valence-electron chi connectivity index (χ4n) is 4.74. The SMILES string of the molecule is Cc1ccc(C(=O)N2CCC(Cc3ccc(CN4CCCCC4)cc3)CC2)c(=O)[nH]1. The van der Waals surface area contributed by atoms with Gasteiger partial charge in [-0.15, -0.1) is 0 Å². The number of benzene rings is 1. The molecule has 0 unspecified atom stereocenters. The van der Waals surface area contributed by atoms with E-state index in [0.29, 0.717) is 5.92 Å². The standard InChI is InChI=1S/C25H33N3O2/c1-19-5-10-23(24(29)26-19)25(30)28-15-11-21(12-16-28)17-20-6-8-22(9-7-20)18-27-13-3-2-4-14-27/h5-10,21H,2-4,11-18H2,1H3,(H,26,29). The molecule has 30 heavy (non-hydrogen) atoms. The molecule has 0 bridgehead atoms. The zero-order valence-electron chi connectivity index (χ0n) is 18.0. The van der Waals surface area contributed by atoms with Gasteiger partial charge in [0.2, 0.25) is 0 Å². The molecule has 0 aliphatic carbocycles. The molecule has 1 amide bonds. The maximum atomic E-state index is 12.7. The van der Waals surface area contributed by atoms with Gasteiger partial charge in [0.25, 0.3) is 11.5 Å². The number of pyridine rings is 1. The molecule has 3 heterocycles. The number of nitrogens with one attached hydrogen (secondary N) is 1. The monoisotopic (exact) mass is 407 g/mol. The quantitative estimate of drug-likeness (QED) is 0.821. The molecule has 4 rings (SSSR count). The van der Waals surface area contributed by atoms with Crippen LogP contribution in [0, 0.1) is 12.8 Å². The van der Waals surface area contributed by atoms with Crippen LogP contribution in [0.25, 0.3) is 0 Å². The summed E-state index contributed by atoms with van der Waals surface area (Å²) in [6, 6.07) is 12.6. The highest BCUT2D eigenvalue weighted by Crippen LogP contribution is 2.23. The fourth-order valence-corrected chi connectivity index (χ4v) is 4.74. The van der Waals surface area contributed by atoms with Crippen LogP contribution >= 0.6 is 0 Å². The van der Waals surface area contributed by atoms with Gasteiger partial charge < -0.3 is 9.88 Å². The zero-order chi connectivity index (χ0) is 20.9. The lowest BCUT2D eigenvalue weighted by Crippen LogP contribution is -2.41. The highest BCUT2D eigenvalue weighted by Gasteiger charge is 2.25. The molecule has 1 N–H and O–H groups in total. The van der Waals surface area contributed by atoms with Gasteiger partial charge in [0.05, 0.1) is 0 Å². The van der Waals surface area contributed by atoms with Crippen LogP contribution < -0.4 is 5.56 Å². The number of aromatic amines is 1. The number of aromatic nitrogens is 1. The number of hydrogen-bond acceptors (Lipinski definition) is 3. The first-order valence-electron chi connectivity index (χ1n) is 11.4. The fraction of sp³-hybridized carbons (Fsp3) is 0.520. The van der Waals surface area contributed by atoms with Gasteiger partial charge in [0, 0.05) is 25.3 Å². The Bertz CT molecular complexity index is 905. The summed E-state index contributed by atoms with van der Waals surface area (Å²) in [7, 11) is 0. The maximum absolute atomic E-state index is 12.7. The lowest BCUT2D eigenvalue weighted by molar-refractivity contribution is 0.0688. The van der Waals surface area contributed by atoms with Gasteiger partial charge in [-0.1, -0.05) is 30.7 Å². The van der Waals surface area contributed by atoms with Crippen molar-refractivity contribution in [3.05, 3.63) is 69.1 Å². The van der Waals surface area contributed by atoms with E-state index in [-0.39, 0.29) is 17.0 Å². The van der Waals surface area contributed by atoms with Gasteiger partial charge in [-0.25, -0.2) is 0 Å². The number of rotatable bonds is 5. The van der Waals surface area contributed by atoms with Gasteiger partial charge in [-0.2, -0.15) is 0 Å². The summed E-state index contributed by atoms with van der Waals surface area (Å²) in [5.74, 6) is 0.454. The van der Waals surface area contributed by atoms with Crippen molar-refractivity contribution in [1.29, 1.82) is 0 Å². The van der Waals surface area contributed by atoms with E-state index in [4.69, 9.17) is 0 Å². The predicted octanol–water partition coefficient (Wildman–Crippen LogP) is 3.76. The maximum Gasteiger partial charge on any atom is 0.260 e. The van der Waals surface area contributed by atoms with Crippen LogP contribution in [0.3, 0.4) is 0 Å². The van der Waals surface area contributed by atoms with Crippen LogP contribution in [0.4, 0.5) is 0 Å². The van der Waals surface area contributed by atoms with E-state index in [1.54, 1.807) is 12.1 Å². The molecular formula is C25H33N3O2. The van der Waals surface area contributed by atoms with E-state index in [9.17, 15) is 9.59 Å². The number of hydrogen-bond donors (Lipinski definition) is 1. The summed E-state index contributed by atoms with van der Waals surface area (Å²) >= 11 is 0. The van der Waals surface area contributed by atoms with Gasteiger partial charge in [-0.3, -0.25) is 14.5 Å². The summed E-state index contributed by atoms with van der Waals surface area (Å²) in [5.41, 5.74) is 3.54. The van der Waals surface area contributed by atoms with Crippen molar-refractivity contribution in [3.63, 3.8) is 0 Å². The molecule has 1 aromatic carbocycles. The molecule has 2 aliphatic rings. The van der Waals surface area contributed by atoms with E-state index in [0.717, 1.165) is 44.6 Å². The highest BCUT2D eigenvalue weighted by atomic mass is 16.2. The second-order valence-corrected chi connectivity index (χ2v) is 8.98. The molecule has 0 spiro atoms. The first-order valence-corrected chi connectivity index (χ1v) is 11.4. The minimum Gasteiger partial charge on any atom is -0.338 e. The number of H-pyrrole nitrogens is 1. The van der Waals surface area contributed by atoms with Gasteiger partial charge in [0.1, 0.15) is 5.56 Å². The average Bonchev–Trinajstić information content (AvgIpc) is 2.76. The summed E-state index contributed by atoms with van der Waals surface area (Å²) in [6.45, 7) is 6.80. The lowest BCUT2D eigenvalue weighted by Gasteiger charge is -2.32. The van der Waals surface area contributed by atoms with Crippen molar-refractivity contribution < 1.29 is 4.79 Å². The van der Waals surface area contributed by atoms with Gasteiger partial charge >= 0.3 is 0 Å². The van der Waals surface area contributed by atoms with E-state index < -0.39 is 0 Å². The van der Waals surface area contributed by atoms with Crippen LogP contribution in [0.1, 0.15) is 59.3 Å². The third-order valence-electron chi connectivity index (χ3n) is 6.59. The molecule has 2 aliphatic heterocycles. The summed E-state index contributed by atoms with van der Waals surface area (Å²) < 4.78 is 0. The number of amides is 1. The number of carbonyl (C=O) groups excluding carboxylic acids is 1. The second kappa shape index (κ2) is 9.61. The number of carbonyl (C=O) groups is 1. The number of piperidine rings is 2. The van der Waals surface area contributed by atoms with Crippen molar-refractivity contribution in [3.8, 4) is 0 Å². The highest BCUT2D eigenvalue weighted by molar-refractivity contribution is 5.93. The van der Waals surface area contributed by atoms with Crippen LogP contribution in [-0.4, -0.2) is 46.9 Å². The third-order valence-corrected chi connectivity index (χ3v) is 6.59. The Hall–Kier alpha value is -2.40. The minimum absolute atomic E-state index is 0.142. The molecule has 5 nitrogen and oxygen atoms in total. The average molecular weight is 408 g/mol. The van der Waals surface area contributed by atoms with E-state index in [2.05, 4.69) is 34.1 Å². The molecule has 1 aromatic heterocycles. The molecule has 2 aromatic rings. The summed E-state index contributed by atoms with van der Waals surface area (Å²) in [5, 5.41) is 0. The Morgan fingerprint density at radius 1 is 0.933 bits per heavy atom. The minimum atomic E-state index is -0.285. The Kier molecular flexibility index (Phi) is 6.68. The number of likely N-dealkylation sites (tertiary alicyclic amines) is 2. The summed E-state index contributed by atoms with van der Waals surface area (Å²) in [4.78, 5) is 31.9. The number of aryl methyl sites for hydroxylation is 1. The van der Waals surface area contributed by atoms with E-state index in [1.807, 2.05) is 11.8 Å². The van der Waals surface area contributed by atoms with Crippen molar-refractivity contribution in [2.75, 3.05) is 26.2 Å². The normalized spacial score (nSPS) is 18.5. The first kappa shape index (κ1) is 20.9. The molecule has 0 atom stereocenters. The predicted molar refractivity (Wildman–Crippen MR) is 120 cm³/mol. The van der Waals surface area contributed by atoms with Crippen molar-refractivity contribution >= 4 is 5.91 Å². The lowest BCUT2D eigenvalue weighted by atomic mass is 9.89. The Labute approximate surface area is 179 Å². The molecule has 0 radical (unpaired) electrons. The number of nitrogens with zero attached hydrogens (tertiary/aromatic N) is 2. The molecule has 5 heteroatoms. The molecular weight excluding hydrogens is 374 g/mol. The van der Waals surface area contributed by atoms with Crippen LogP contribution in [-0.2, 0) is 13.0 Å². The van der Waals surface area contributed by atoms with Crippen molar-refractivity contribution in [1.82, 2.24) is 14.8 Å². The van der Waals surface area contributed by atoms with Crippen LogP contribution in [0.15, 0.2) is 41.2 Å². The van der Waals surface area contributed by atoms with Crippen LogP contribution in [0.5, 0.6) is 0 Å². The van der Waals surface area contributed by atoms with Crippen LogP contribution in [0.2, 0.25) is 0 Å². The van der Waals surface area contributed by atoms with Gasteiger partial charge in [0.15, 0.2) is 0 Å².